The van der Waals surface area contributed by atoms with Crippen LogP contribution in [0.1, 0.15) is 11.5 Å². The zero-order valence-corrected chi connectivity index (χ0v) is 9.44. The molecule has 1 aliphatic heterocycles. The van der Waals surface area contributed by atoms with Crippen LogP contribution >= 0.6 is 0 Å². The fraction of sp³-hybridized carbons (Fsp3) is 0.417. The average molecular weight is 239 g/mol. The minimum atomic E-state index is -0.851. The second-order valence-electron chi connectivity index (χ2n) is 4.10. The lowest BCUT2D eigenvalue weighted by Gasteiger charge is -2.15. The van der Waals surface area contributed by atoms with Gasteiger partial charge in [0.25, 0.3) is 0 Å². The summed E-state index contributed by atoms with van der Waals surface area (Å²) in [6, 6.07) is 4.60. The molecule has 4 nitrogen and oxygen atoms in total. The Morgan fingerprint density at radius 1 is 1.53 bits per heavy atom. The van der Waals surface area contributed by atoms with Crippen LogP contribution in [0.2, 0.25) is 0 Å². The summed E-state index contributed by atoms with van der Waals surface area (Å²) in [6.07, 6.45) is 0. The van der Waals surface area contributed by atoms with Gasteiger partial charge in [-0.25, -0.2) is 4.39 Å². The molecule has 1 heterocycles. The van der Waals surface area contributed by atoms with Crippen molar-refractivity contribution in [3.05, 3.63) is 29.6 Å². The van der Waals surface area contributed by atoms with Crippen molar-refractivity contribution in [3.8, 4) is 5.75 Å². The van der Waals surface area contributed by atoms with Gasteiger partial charge in [0, 0.05) is 19.0 Å². The summed E-state index contributed by atoms with van der Waals surface area (Å²) in [5.41, 5.74) is 0.695. The molecule has 1 fully saturated rings. The van der Waals surface area contributed by atoms with Gasteiger partial charge in [-0.1, -0.05) is 6.07 Å². The summed E-state index contributed by atoms with van der Waals surface area (Å²) in [6.45, 7) is 0.983. The quantitative estimate of drug-likeness (QED) is 0.832. The van der Waals surface area contributed by atoms with Gasteiger partial charge in [-0.3, -0.25) is 4.79 Å². The molecule has 5 heteroatoms. The van der Waals surface area contributed by atoms with Crippen molar-refractivity contribution >= 4 is 5.97 Å². The zero-order valence-electron chi connectivity index (χ0n) is 9.44. The van der Waals surface area contributed by atoms with Crippen molar-refractivity contribution in [2.75, 3.05) is 20.2 Å². The number of carbonyl (C=O) groups is 1. The van der Waals surface area contributed by atoms with Gasteiger partial charge in [0.05, 0.1) is 13.0 Å². The molecule has 0 bridgehead atoms. The Kier molecular flexibility index (Phi) is 3.28. The van der Waals surface area contributed by atoms with Crippen LogP contribution in [0.3, 0.4) is 0 Å². The molecule has 2 rings (SSSR count). The lowest BCUT2D eigenvalue weighted by Crippen LogP contribution is -2.21. The van der Waals surface area contributed by atoms with E-state index in [1.165, 1.54) is 19.2 Å². The number of nitrogens with one attached hydrogen (secondary N) is 1. The molecule has 0 spiro atoms. The third kappa shape index (κ3) is 2.24. The average Bonchev–Trinajstić information content (AvgIpc) is 2.77. The molecule has 0 saturated carbocycles. The van der Waals surface area contributed by atoms with Crippen molar-refractivity contribution in [2.45, 2.75) is 5.92 Å². The predicted molar refractivity (Wildman–Crippen MR) is 59.7 cm³/mol. The molecular formula is C12H14FNO3. The first-order valence-corrected chi connectivity index (χ1v) is 5.40. The van der Waals surface area contributed by atoms with Gasteiger partial charge in [-0.15, -0.1) is 0 Å². The molecule has 1 aromatic carbocycles. The number of hydrogen-bond acceptors (Lipinski definition) is 3. The highest BCUT2D eigenvalue weighted by atomic mass is 19.1. The van der Waals surface area contributed by atoms with Crippen molar-refractivity contribution in [2.24, 2.45) is 5.92 Å². The second-order valence-corrected chi connectivity index (χ2v) is 4.10. The van der Waals surface area contributed by atoms with Crippen LogP contribution in [0.4, 0.5) is 4.39 Å². The summed E-state index contributed by atoms with van der Waals surface area (Å²) in [5.74, 6) is -1.82. The minimum Gasteiger partial charge on any atom is -0.494 e. The molecule has 2 N–H and O–H groups in total. The second kappa shape index (κ2) is 4.71. The zero-order chi connectivity index (χ0) is 12.4. The maximum atomic E-state index is 13.5. The standard InChI is InChI=1S/C12H14FNO3/c1-17-11-3-2-7(4-10(11)13)8-5-14-6-9(8)12(15)16/h2-4,8-9,14H,5-6H2,1H3,(H,15,16). The summed E-state index contributed by atoms with van der Waals surface area (Å²) in [4.78, 5) is 11.0. The van der Waals surface area contributed by atoms with Crippen molar-refractivity contribution in [1.29, 1.82) is 0 Å². The van der Waals surface area contributed by atoms with E-state index in [0.29, 0.717) is 18.7 Å². The van der Waals surface area contributed by atoms with E-state index in [9.17, 15) is 9.18 Å². The van der Waals surface area contributed by atoms with Crippen LogP contribution in [0, 0.1) is 11.7 Å². The van der Waals surface area contributed by atoms with E-state index in [1.807, 2.05) is 0 Å². The highest BCUT2D eigenvalue weighted by Crippen LogP contribution is 2.30. The van der Waals surface area contributed by atoms with Crippen LogP contribution in [0.15, 0.2) is 18.2 Å². The fourth-order valence-electron chi connectivity index (χ4n) is 2.20. The van der Waals surface area contributed by atoms with Gasteiger partial charge < -0.3 is 15.2 Å². The van der Waals surface area contributed by atoms with E-state index < -0.39 is 17.7 Å². The van der Waals surface area contributed by atoms with Crippen molar-refractivity contribution < 1.29 is 19.0 Å². The first kappa shape index (κ1) is 11.9. The summed E-state index contributed by atoms with van der Waals surface area (Å²) in [7, 11) is 1.40. The van der Waals surface area contributed by atoms with Crippen LogP contribution in [0.25, 0.3) is 0 Å². The molecule has 0 radical (unpaired) electrons. The first-order valence-electron chi connectivity index (χ1n) is 5.40. The minimum absolute atomic E-state index is 0.173. The molecule has 2 unspecified atom stereocenters. The topological polar surface area (TPSA) is 58.6 Å². The Morgan fingerprint density at radius 2 is 2.29 bits per heavy atom. The Morgan fingerprint density at radius 3 is 2.88 bits per heavy atom. The van der Waals surface area contributed by atoms with Gasteiger partial charge in [-0.2, -0.15) is 0 Å². The highest BCUT2D eigenvalue weighted by Gasteiger charge is 2.34. The van der Waals surface area contributed by atoms with Gasteiger partial charge in [-0.05, 0) is 17.7 Å². The Balaban J connectivity index is 2.27. The molecule has 0 amide bonds. The smallest absolute Gasteiger partial charge is 0.308 e. The van der Waals surface area contributed by atoms with Gasteiger partial charge in [0.1, 0.15) is 0 Å². The van der Waals surface area contributed by atoms with E-state index >= 15 is 0 Å². The molecule has 0 aliphatic carbocycles. The van der Waals surface area contributed by atoms with Crippen LogP contribution < -0.4 is 10.1 Å². The van der Waals surface area contributed by atoms with Gasteiger partial charge in [0.15, 0.2) is 11.6 Å². The molecule has 1 aliphatic rings. The number of benzene rings is 1. The van der Waals surface area contributed by atoms with E-state index in [4.69, 9.17) is 9.84 Å². The molecular weight excluding hydrogens is 225 g/mol. The number of hydrogen-bond donors (Lipinski definition) is 2. The molecule has 1 saturated heterocycles. The monoisotopic (exact) mass is 239 g/mol. The summed E-state index contributed by atoms with van der Waals surface area (Å²) >= 11 is 0. The van der Waals surface area contributed by atoms with Crippen LogP contribution in [-0.2, 0) is 4.79 Å². The van der Waals surface area contributed by atoms with Crippen molar-refractivity contribution in [1.82, 2.24) is 5.32 Å². The number of ether oxygens (including phenoxy) is 1. The molecule has 2 atom stereocenters. The molecule has 17 heavy (non-hydrogen) atoms. The largest absolute Gasteiger partial charge is 0.494 e. The third-order valence-corrected chi connectivity index (χ3v) is 3.14. The molecule has 0 aromatic heterocycles. The predicted octanol–water partition coefficient (Wildman–Crippen LogP) is 1.22. The first-order chi connectivity index (χ1) is 8.13. The van der Waals surface area contributed by atoms with Gasteiger partial charge in [0.2, 0.25) is 0 Å². The Hall–Kier alpha value is -1.62. The van der Waals surface area contributed by atoms with Crippen molar-refractivity contribution in [3.63, 3.8) is 0 Å². The summed E-state index contributed by atoms with van der Waals surface area (Å²) in [5, 5.41) is 12.1. The molecule has 1 aromatic rings. The van der Waals surface area contributed by atoms with Crippen LogP contribution in [-0.4, -0.2) is 31.3 Å². The van der Waals surface area contributed by atoms with E-state index in [0.717, 1.165) is 0 Å². The summed E-state index contributed by atoms with van der Waals surface area (Å²) < 4.78 is 18.4. The number of halogens is 1. The SMILES string of the molecule is COc1ccc(C2CNCC2C(=O)O)cc1F. The van der Waals surface area contributed by atoms with Crippen LogP contribution in [0.5, 0.6) is 5.75 Å². The van der Waals surface area contributed by atoms with E-state index in [1.54, 1.807) is 6.07 Å². The van der Waals surface area contributed by atoms with E-state index in [2.05, 4.69) is 5.32 Å². The number of carboxylic acid groups (broad SMARTS) is 1. The molecule has 92 valence electrons. The van der Waals surface area contributed by atoms with E-state index in [-0.39, 0.29) is 11.7 Å². The normalized spacial score (nSPS) is 23.6. The Bertz CT molecular complexity index is 436. The maximum absolute atomic E-state index is 13.5. The number of methoxy groups -OCH3 is 1. The van der Waals surface area contributed by atoms with Gasteiger partial charge >= 0.3 is 5.97 Å². The highest BCUT2D eigenvalue weighted by molar-refractivity contribution is 5.72. The maximum Gasteiger partial charge on any atom is 0.308 e. The Labute approximate surface area is 98.4 Å². The lowest BCUT2D eigenvalue weighted by molar-refractivity contribution is -0.141. The fourth-order valence-corrected chi connectivity index (χ4v) is 2.20. The number of rotatable bonds is 3. The third-order valence-electron chi connectivity index (χ3n) is 3.14. The number of carboxylic acids is 1. The number of aliphatic carboxylic acids is 1. The lowest BCUT2D eigenvalue weighted by atomic mass is 9.89.